The van der Waals surface area contributed by atoms with E-state index in [4.69, 9.17) is 5.73 Å². The number of hydrogen-bond donors (Lipinski definition) is 1. The highest BCUT2D eigenvalue weighted by molar-refractivity contribution is 5.83. The van der Waals surface area contributed by atoms with Crippen molar-refractivity contribution in [2.75, 3.05) is 19.6 Å². The molecule has 0 radical (unpaired) electrons. The average molecular weight is 196 g/mol. The molecule has 2 N–H and O–H groups in total. The lowest BCUT2D eigenvalue weighted by Gasteiger charge is -2.32. The van der Waals surface area contributed by atoms with Crippen LogP contribution in [0.3, 0.4) is 0 Å². The molecule has 2 rings (SSSR count). The molecule has 1 saturated heterocycles. The van der Waals surface area contributed by atoms with Crippen molar-refractivity contribution in [2.24, 2.45) is 11.7 Å². The number of Topliss-reactive ketones (excluding diaryl/α,β-unsaturated/α-hetero) is 1. The standard InChI is InChI=1S/C11H20N2O/c12-10-4-6-13(7-5-10)8-11(14)9-2-1-3-9/h9-10H,1-8,12H2. The second kappa shape index (κ2) is 4.41. The first-order valence-corrected chi connectivity index (χ1v) is 5.76. The van der Waals surface area contributed by atoms with Crippen LogP contribution in [0.25, 0.3) is 0 Å². The number of carbonyl (C=O) groups is 1. The fraction of sp³-hybridized carbons (Fsp3) is 0.909. The second-order valence-electron chi connectivity index (χ2n) is 4.71. The summed E-state index contributed by atoms with van der Waals surface area (Å²) in [5, 5.41) is 0. The Hall–Kier alpha value is -0.410. The Bertz CT molecular complexity index is 205. The molecule has 1 saturated carbocycles. The average Bonchev–Trinajstić information content (AvgIpc) is 2.06. The van der Waals surface area contributed by atoms with Crippen LogP contribution in [0.4, 0.5) is 0 Å². The summed E-state index contributed by atoms with van der Waals surface area (Å²) in [6.07, 6.45) is 5.62. The van der Waals surface area contributed by atoms with E-state index < -0.39 is 0 Å². The zero-order chi connectivity index (χ0) is 9.97. The van der Waals surface area contributed by atoms with Crippen molar-refractivity contribution in [1.29, 1.82) is 0 Å². The molecule has 0 unspecified atom stereocenters. The molecule has 3 heteroatoms. The number of nitrogens with two attached hydrogens (primary N) is 1. The summed E-state index contributed by atoms with van der Waals surface area (Å²) in [5.41, 5.74) is 5.81. The van der Waals surface area contributed by atoms with Gasteiger partial charge in [0.25, 0.3) is 0 Å². The van der Waals surface area contributed by atoms with Crippen LogP contribution in [0.15, 0.2) is 0 Å². The molecule has 0 amide bonds. The van der Waals surface area contributed by atoms with Gasteiger partial charge in [0.2, 0.25) is 0 Å². The first kappa shape index (κ1) is 10.1. The second-order valence-corrected chi connectivity index (χ2v) is 4.71. The van der Waals surface area contributed by atoms with Gasteiger partial charge in [-0.25, -0.2) is 0 Å². The molecule has 1 aliphatic carbocycles. The molecule has 1 heterocycles. The molecule has 2 aliphatic rings. The van der Waals surface area contributed by atoms with E-state index in [1.165, 1.54) is 6.42 Å². The number of rotatable bonds is 3. The number of nitrogens with zero attached hydrogens (tertiary/aromatic N) is 1. The quantitative estimate of drug-likeness (QED) is 0.725. The molecule has 14 heavy (non-hydrogen) atoms. The Morgan fingerprint density at radius 1 is 1.21 bits per heavy atom. The Balaban J connectivity index is 1.71. The third-order valence-corrected chi connectivity index (χ3v) is 3.57. The normalized spacial score (nSPS) is 26.1. The maximum absolute atomic E-state index is 11.7. The van der Waals surface area contributed by atoms with Gasteiger partial charge in [-0.05, 0) is 25.7 Å². The highest BCUT2D eigenvalue weighted by Gasteiger charge is 2.27. The van der Waals surface area contributed by atoms with Gasteiger partial charge in [-0.3, -0.25) is 9.69 Å². The van der Waals surface area contributed by atoms with E-state index in [2.05, 4.69) is 4.90 Å². The first-order chi connectivity index (χ1) is 6.75. The third kappa shape index (κ3) is 2.34. The van der Waals surface area contributed by atoms with E-state index in [9.17, 15) is 4.79 Å². The first-order valence-electron chi connectivity index (χ1n) is 5.76. The maximum atomic E-state index is 11.7. The fourth-order valence-corrected chi connectivity index (χ4v) is 2.19. The molecule has 0 aromatic carbocycles. The monoisotopic (exact) mass is 196 g/mol. The highest BCUT2D eigenvalue weighted by Crippen LogP contribution is 2.27. The molecule has 80 valence electrons. The minimum atomic E-state index is 0.366. The van der Waals surface area contributed by atoms with Crippen LogP contribution < -0.4 is 5.73 Å². The molecule has 0 spiro atoms. The lowest BCUT2D eigenvalue weighted by atomic mass is 9.82. The van der Waals surface area contributed by atoms with Crippen LogP contribution in [0.5, 0.6) is 0 Å². The molecule has 1 aliphatic heterocycles. The van der Waals surface area contributed by atoms with Crippen LogP contribution in [0, 0.1) is 5.92 Å². The number of carbonyl (C=O) groups excluding carboxylic acids is 1. The maximum Gasteiger partial charge on any atom is 0.149 e. The lowest BCUT2D eigenvalue weighted by Crippen LogP contribution is -2.43. The number of likely N-dealkylation sites (tertiary alicyclic amines) is 1. The van der Waals surface area contributed by atoms with Crippen molar-refractivity contribution in [2.45, 2.75) is 38.1 Å². The van der Waals surface area contributed by atoms with Gasteiger partial charge >= 0.3 is 0 Å². The summed E-state index contributed by atoms with van der Waals surface area (Å²) in [7, 11) is 0. The summed E-state index contributed by atoms with van der Waals surface area (Å²) >= 11 is 0. The van der Waals surface area contributed by atoms with Crippen LogP contribution in [0.2, 0.25) is 0 Å². The van der Waals surface area contributed by atoms with Crippen LogP contribution in [0.1, 0.15) is 32.1 Å². The summed E-state index contributed by atoms with van der Waals surface area (Å²) in [6, 6.07) is 0.366. The number of piperidine rings is 1. The Kier molecular flexibility index (Phi) is 3.19. The van der Waals surface area contributed by atoms with Gasteiger partial charge < -0.3 is 5.73 Å². The van der Waals surface area contributed by atoms with Gasteiger partial charge in [0.15, 0.2) is 0 Å². The summed E-state index contributed by atoms with van der Waals surface area (Å²) < 4.78 is 0. The lowest BCUT2D eigenvalue weighted by molar-refractivity contribution is -0.126. The van der Waals surface area contributed by atoms with E-state index in [-0.39, 0.29) is 0 Å². The molecule has 0 atom stereocenters. The molecular formula is C11H20N2O. The van der Waals surface area contributed by atoms with Gasteiger partial charge in [-0.2, -0.15) is 0 Å². The van der Waals surface area contributed by atoms with Crippen molar-refractivity contribution in [3.8, 4) is 0 Å². The minimum absolute atomic E-state index is 0.366. The van der Waals surface area contributed by atoms with Crippen molar-refractivity contribution in [3.63, 3.8) is 0 Å². The Labute approximate surface area is 85.6 Å². The molecular weight excluding hydrogens is 176 g/mol. The van der Waals surface area contributed by atoms with Gasteiger partial charge in [-0.15, -0.1) is 0 Å². The van der Waals surface area contributed by atoms with Crippen LogP contribution >= 0.6 is 0 Å². The molecule has 0 bridgehead atoms. The summed E-state index contributed by atoms with van der Waals surface area (Å²) in [6.45, 7) is 2.70. The van der Waals surface area contributed by atoms with E-state index >= 15 is 0 Å². The fourth-order valence-electron chi connectivity index (χ4n) is 2.19. The third-order valence-electron chi connectivity index (χ3n) is 3.57. The Morgan fingerprint density at radius 2 is 1.86 bits per heavy atom. The molecule has 0 aromatic heterocycles. The van der Waals surface area contributed by atoms with Crippen molar-refractivity contribution in [1.82, 2.24) is 4.90 Å². The topological polar surface area (TPSA) is 46.3 Å². The predicted molar refractivity (Wildman–Crippen MR) is 56.0 cm³/mol. The van der Waals surface area contributed by atoms with Gasteiger partial charge in [0.1, 0.15) is 5.78 Å². The molecule has 2 fully saturated rings. The molecule has 3 nitrogen and oxygen atoms in total. The SMILES string of the molecule is NC1CCN(CC(=O)C2CCC2)CC1. The smallest absolute Gasteiger partial charge is 0.149 e. The van der Waals surface area contributed by atoms with Crippen molar-refractivity contribution < 1.29 is 4.79 Å². The number of hydrogen-bond acceptors (Lipinski definition) is 3. The summed E-state index contributed by atoms with van der Waals surface area (Å²) in [4.78, 5) is 14.0. The highest BCUT2D eigenvalue weighted by atomic mass is 16.1. The van der Waals surface area contributed by atoms with Gasteiger partial charge in [0, 0.05) is 25.0 Å². The van der Waals surface area contributed by atoms with Gasteiger partial charge in [0.05, 0.1) is 6.54 Å². The van der Waals surface area contributed by atoms with Crippen molar-refractivity contribution >= 4 is 5.78 Å². The van der Waals surface area contributed by atoms with E-state index in [1.807, 2.05) is 0 Å². The molecule has 0 aromatic rings. The largest absolute Gasteiger partial charge is 0.328 e. The zero-order valence-electron chi connectivity index (χ0n) is 8.74. The summed E-state index contributed by atoms with van der Waals surface area (Å²) in [5.74, 6) is 0.859. The predicted octanol–water partition coefficient (Wildman–Crippen LogP) is 0.779. The Morgan fingerprint density at radius 3 is 2.36 bits per heavy atom. The van der Waals surface area contributed by atoms with Gasteiger partial charge in [-0.1, -0.05) is 6.42 Å². The zero-order valence-corrected chi connectivity index (χ0v) is 8.74. The van der Waals surface area contributed by atoms with E-state index in [1.54, 1.807) is 0 Å². The van der Waals surface area contributed by atoms with Crippen molar-refractivity contribution in [3.05, 3.63) is 0 Å². The number of ketones is 1. The van der Waals surface area contributed by atoms with E-state index in [0.717, 1.165) is 38.8 Å². The minimum Gasteiger partial charge on any atom is -0.328 e. The van der Waals surface area contributed by atoms with Crippen LogP contribution in [-0.4, -0.2) is 36.4 Å². The van der Waals surface area contributed by atoms with Crippen LogP contribution in [-0.2, 0) is 4.79 Å². The van der Waals surface area contributed by atoms with E-state index in [0.29, 0.717) is 24.3 Å².